The minimum absolute atomic E-state index is 0.0832. The van der Waals surface area contributed by atoms with E-state index in [1.807, 2.05) is 0 Å². The van der Waals surface area contributed by atoms with Gasteiger partial charge in [-0.05, 0) is 39.0 Å². The Balaban J connectivity index is 2.11. The number of carbonyl (C=O) groups excluding carboxylic acids is 1. The molecule has 0 aliphatic carbocycles. The number of likely N-dealkylation sites (N-methyl/N-ethyl adjacent to an activating group) is 1. The summed E-state index contributed by atoms with van der Waals surface area (Å²) in [6.45, 7) is 5.43. The zero-order chi connectivity index (χ0) is 22.1. The second kappa shape index (κ2) is 8.29. The first-order valence-electron chi connectivity index (χ1n) is 9.29. The third-order valence-electron chi connectivity index (χ3n) is 4.61. The second-order valence-electron chi connectivity index (χ2n) is 6.54. The van der Waals surface area contributed by atoms with Crippen LogP contribution in [0.25, 0.3) is 16.7 Å². The van der Waals surface area contributed by atoms with Crippen LogP contribution in [0.15, 0.2) is 30.3 Å². The lowest BCUT2D eigenvalue weighted by Crippen LogP contribution is -2.34. The van der Waals surface area contributed by atoms with Crippen LogP contribution in [0.2, 0.25) is 0 Å². The Morgan fingerprint density at radius 1 is 1.20 bits per heavy atom. The number of hydrogen-bond acceptors (Lipinski definition) is 4. The number of aryl methyl sites for hydroxylation is 1. The van der Waals surface area contributed by atoms with Crippen LogP contribution in [0.4, 0.5) is 17.6 Å². The summed E-state index contributed by atoms with van der Waals surface area (Å²) in [5.41, 5.74) is -0.832. The molecular weight excluding hydrogens is 404 g/mol. The molecule has 30 heavy (non-hydrogen) atoms. The van der Waals surface area contributed by atoms with Gasteiger partial charge in [0.2, 0.25) is 5.88 Å². The number of rotatable bonds is 6. The normalized spacial score (nSPS) is 11.7. The average molecular weight is 424 g/mol. The molecular formula is C20H20F4N4O2. The number of benzene rings is 1. The molecule has 0 saturated carbocycles. The maximum absolute atomic E-state index is 13.7. The topological polar surface area (TPSA) is 60.3 Å². The van der Waals surface area contributed by atoms with Crippen LogP contribution in [0.3, 0.4) is 0 Å². The van der Waals surface area contributed by atoms with E-state index in [0.29, 0.717) is 13.1 Å². The summed E-state index contributed by atoms with van der Waals surface area (Å²) < 4.78 is 61.3. The number of halogens is 4. The smallest absolute Gasteiger partial charge is 0.417 e. The molecule has 3 aromatic rings. The lowest BCUT2D eigenvalue weighted by atomic mass is 10.1. The lowest BCUT2D eigenvalue weighted by Gasteiger charge is -2.18. The monoisotopic (exact) mass is 424 g/mol. The maximum atomic E-state index is 13.7. The van der Waals surface area contributed by atoms with Crippen molar-refractivity contribution in [1.29, 1.82) is 0 Å². The molecule has 1 aromatic carbocycles. The van der Waals surface area contributed by atoms with Crippen LogP contribution in [-0.2, 0) is 11.0 Å². The van der Waals surface area contributed by atoms with Gasteiger partial charge in [-0.3, -0.25) is 4.79 Å². The SMILES string of the molecule is CCN(CC)C(=O)COc1cc(C(F)(F)F)c2c(C)nn(-c3cccc(F)c3)c2n1. The summed E-state index contributed by atoms with van der Waals surface area (Å²) in [4.78, 5) is 17.8. The van der Waals surface area contributed by atoms with Crippen LogP contribution in [0.1, 0.15) is 25.1 Å². The third kappa shape index (κ3) is 4.22. The highest BCUT2D eigenvalue weighted by Crippen LogP contribution is 2.38. The minimum Gasteiger partial charge on any atom is -0.467 e. The summed E-state index contributed by atoms with van der Waals surface area (Å²) in [7, 11) is 0. The average Bonchev–Trinajstić information content (AvgIpc) is 3.02. The van der Waals surface area contributed by atoms with Crippen molar-refractivity contribution < 1.29 is 27.1 Å². The standard InChI is InChI=1S/C20H20F4N4O2/c1-4-27(5-2)17(29)11-30-16-10-15(20(22,23)24)18-12(3)26-28(19(18)25-16)14-8-6-7-13(21)9-14/h6-10H,4-5,11H2,1-3H3. The number of ether oxygens (including phenoxy) is 1. The van der Waals surface area contributed by atoms with Crippen molar-refractivity contribution in [2.75, 3.05) is 19.7 Å². The highest BCUT2D eigenvalue weighted by Gasteiger charge is 2.36. The number of amides is 1. The first-order chi connectivity index (χ1) is 14.2. The number of carbonyl (C=O) groups is 1. The fourth-order valence-corrected chi connectivity index (χ4v) is 3.15. The quantitative estimate of drug-likeness (QED) is 0.559. The molecule has 0 aliphatic heterocycles. The minimum atomic E-state index is -4.71. The number of hydrogen-bond donors (Lipinski definition) is 0. The molecule has 2 aromatic heterocycles. The first kappa shape index (κ1) is 21.5. The van der Waals surface area contributed by atoms with E-state index in [1.54, 1.807) is 13.8 Å². The molecule has 2 heterocycles. The molecule has 0 saturated heterocycles. The fraction of sp³-hybridized carbons (Fsp3) is 0.350. The van der Waals surface area contributed by atoms with E-state index >= 15 is 0 Å². The van der Waals surface area contributed by atoms with Gasteiger partial charge in [-0.1, -0.05) is 6.07 Å². The molecule has 0 atom stereocenters. The molecule has 0 bridgehead atoms. The van der Waals surface area contributed by atoms with Gasteiger partial charge in [-0.2, -0.15) is 23.3 Å². The van der Waals surface area contributed by atoms with Gasteiger partial charge in [-0.25, -0.2) is 9.07 Å². The molecule has 0 spiro atoms. The Labute approximate surface area is 170 Å². The van der Waals surface area contributed by atoms with E-state index < -0.39 is 24.2 Å². The molecule has 0 N–H and O–H groups in total. The largest absolute Gasteiger partial charge is 0.467 e. The molecule has 0 unspecified atom stereocenters. The van der Waals surface area contributed by atoms with Crippen molar-refractivity contribution in [2.45, 2.75) is 26.9 Å². The van der Waals surface area contributed by atoms with E-state index in [2.05, 4.69) is 10.1 Å². The number of aromatic nitrogens is 3. The summed E-state index contributed by atoms with van der Waals surface area (Å²) in [6, 6.07) is 6.02. The zero-order valence-electron chi connectivity index (χ0n) is 16.6. The Morgan fingerprint density at radius 3 is 2.50 bits per heavy atom. The molecule has 160 valence electrons. The molecule has 10 heteroatoms. The predicted molar refractivity (Wildman–Crippen MR) is 102 cm³/mol. The summed E-state index contributed by atoms with van der Waals surface area (Å²) >= 11 is 0. The van der Waals surface area contributed by atoms with Crippen LogP contribution >= 0.6 is 0 Å². The fourth-order valence-electron chi connectivity index (χ4n) is 3.15. The van der Waals surface area contributed by atoms with Gasteiger partial charge in [-0.15, -0.1) is 0 Å². The number of fused-ring (bicyclic) bond motifs is 1. The first-order valence-corrected chi connectivity index (χ1v) is 9.29. The van der Waals surface area contributed by atoms with Crippen LogP contribution < -0.4 is 4.74 Å². The van der Waals surface area contributed by atoms with E-state index in [9.17, 15) is 22.4 Å². The van der Waals surface area contributed by atoms with E-state index in [-0.39, 0.29) is 34.2 Å². The Morgan fingerprint density at radius 2 is 1.90 bits per heavy atom. The van der Waals surface area contributed by atoms with Gasteiger partial charge in [0.05, 0.1) is 22.3 Å². The summed E-state index contributed by atoms with van der Waals surface area (Å²) in [5, 5.41) is 3.91. The van der Waals surface area contributed by atoms with E-state index in [0.717, 1.165) is 16.8 Å². The van der Waals surface area contributed by atoms with Gasteiger partial charge in [0.25, 0.3) is 5.91 Å². The van der Waals surface area contributed by atoms with Gasteiger partial charge < -0.3 is 9.64 Å². The second-order valence-corrected chi connectivity index (χ2v) is 6.54. The number of nitrogens with zero attached hydrogens (tertiary/aromatic N) is 4. The molecule has 3 rings (SSSR count). The Hall–Kier alpha value is -3.17. The van der Waals surface area contributed by atoms with E-state index in [4.69, 9.17) is 4.74 Å². The molecule has 0 aliphatic rings. The van der Waals surface area contributed by atoms with Gasteiger partial charge in [0.1, 0.15) is 5.82 Å². The molecule has 1 amide bonds. The number of pyridine rings is 1. The van der Waals surface area contributed by atoms with Crippen molar-refractivity contribution in [3.63, 3.8) is 0 Å². The third-order valence-corrected chi connectivity index (χ3v) is 4.61. The van der Waals surface area contributed by atoms with Crippen molar-refractivity contribution in [2.24, 2.45) is 0 Å². The van der Waals surface area contributed by atoms with Crippen LogP contribution in [0, 0.1) is 12.7 Å². The van der Waals surface area contributed by atoms with E-state index in [1.165, 1.54) is 30.0 Å². The zero-order valence-corrected chi connectivity index (χ0v) is 16.6. The Kier molecular flexibility index (Phi) is 5.95. The van der Waals surface area contributed by atoms with Crippen LogP contribution in [0.5, 0.6) is 5.88 Å². The van der Waals surface area contributed by atoms with Gasteiger partial charge in [0, 0.05) is 19.2 Å². The number of alkyl halides is 3. The van der Waals surface area contributed by atoms with Crippen molar-refractivity contribution in [3.05, 3.63) is 47.4 Å². The van der Waals surface area contributed by atoms with Gasteiger partial charge >= 0.3 is 6.18 Å². The summed E-state index contributed by atoms with van der Waals surface area (Å²) in [6.07, 6.45) is -4.71. The lowest BCUT2D eigenvalue weighted by molar-refractivity contribution is -0.136. The summed E-state index contributed by atoms with van der Waals surface area (Å²) in [5.74, 6) is -1.31. The van der Waals surface area contributed by atoms with Crippen molar-refractivity contribution >= 4 is 16.9 Å². The molecule has 0 fully saturated rings. The highest BCUT2D eigenvalue weighted by atomic mass is 19.4. The maximum Gasteiger partial charge on any atom is 0.417 e. The Bertz CT molecular complexity index is 1070. The van der Waals surface area contributed by atoms with Crippen LogP contribution in [-0.4, -0.2) is 45.3 Å². The highest BCUT2D eigenvalue weighted by molar-refractivity contribution is 5.85. The predicted octanol–water partition coefficient (Wildman–Crippen LogP) is 4.13. The van der Waals surface area contributed by atoms with Crippen molar-refractivity contribution in [3.8, 4) is 11.6 Å². The van der Waals surface area contributed by atoms with Gasteiger partial charge in [0.15, 0.2) is 12.3 Å². The molecule has 6 nitrogen and oxygen atoms in total. The van der Waals surface area contributed by atoms with Crippen molar-refractivity contribution in [1.82, 2.24) is 19.7 Å². The molecule has 0 radical (unpaired) electrons.